The summed E-state index contributed by atoms with van der Waals surface area (Å²) in [5.74, 6) is -0.796. The molecule has 0 bridgehead atoms. The van der Waals surface area contributed by atoms with Crippen LogP contribution in [0, 0.1) is 0 Å². The number of benzene rings is 1. The Morgan fingerprint density at radius 3 is 2.60 bits per heavy atom. The molecule has 0 fully saturated rings. The average Bonchev–Trinajstić information content (AvgIpc) is 2.76. The second kappa shape index (κ2) is 9.41. The van der Waals surface area contributed by atoms with Gasteiger partial charge in [0, 0.05) is 18.3 Å². The molecular weight excluding hydrogens is 408 g/mol. The molecule has 0 spiro atoms. The summed E-state index contributed by atoms with van der Waals surface area (Å²) in [6.07, 6.45) is 1.66. The van der Waals surface area contributed by atoms with Crippen LogP contribution in [0.5, 0.6) is 5.75 Å². The summed E-state index contributed by atoms with van der Waals surface area (Å²) in [7, 11) is 2.83. The molecule has 3 rings (SSSR count). The van der Waals surface area contributed by atoms with Gasteiger partial charge in [-0.05, 0) is 30.7 Å². The zero-order chi connectivity index (χ0) is 21.7. The fourth-order valence-electron chi connectivity index (χ4n) is 2.93. The highest BCUT2D eigenvalue weighted by molar-refractivity contribution is 6.31. The van der Waals surface area contributed by atoms with E-state index in [1.807, 2.05) is 30.3 Å². The standard InChI is InChI=1S/C21H21ClN4O4/c1-4-30-20(28)17-18(29-3)19(27)26(2)21(25-17)24-16(15-11-7-8-12-23-15)13-9-5-6-10-14(13)22/h5-12,16H,4H2,1-3H3,(H,24,25). The third-order valence-electron chi connectivity index (χ3n) is 4.40. The summed E-state index contributed by atoms with van der Waals surface area (Å²) >= 11 is 6.43. The number of carbonyl (C=O) groups is 1. The van der Waals surface area contributed by atoms with Gasteiger partial charge in [-0.25, -0.2) is 9.78 Å². The van der Waals surface area contributed by atoms with Crippen molar-refractivity contribution < 1.29 is 14.3 Å². The number of halogens is 1. The lowest BCUT2D eigenvalue weighted by molar-refractivity contribution is 0.0514. The van der Waals surface area contributed by atoms with E-state index < -0.39 is 17.6 Å². The van der Waals surface area contributed by atoms with E-state index in [1.165, 1.54) is 18.7 Å². The third-order valence-corrected chi connectivity index (χ3v) is 4.74. The van der Waals surface area contributed by atoms with Gasteiger partial charge in [-0.15, -0.1) is 0 Å². The summed E-state index contributed by atoms with van der Waals surface area (Å²) in [6.45, 7) is 1.80. The zero-order valence-corrected chi connectivity index (χ0v) is 17.5. The van der Waals surface area contributed by atoms with E-state index in [2.05, 4.69) is 15.3 Å². The number of rotatable bonds is 7. The topological polar surface area (TPSA) is 95.3 Å². The van der Waals surface area contributed by atoms with Crippen LogP contribution in [-0.4, -0.2) is 34.2 Å². The number of nitrogens with zero attached hydrogens (tertiary/aromatic N) is 3. The van der Waals surface area contributed by atoms with E-state index in [-0.39, 0.29) is 24.0 Å². The number of pyridine rings is 1. The van der Waals surface area contributed by atoms with Crippen molar-refractivity contribution >= 4 is 23.5 Å². The first-order valence-corrected chi connectivity index (χ1v) is 9.59. The monoisotopic (exact) mass is 428 g/mol. The molecule has 1 aromatic carbocycles. The smallest absolute Gasteiger partial charge is 0.361 e. The van der Waals surface area contributed by atoms with E-state index in [0.717, 1.165) is 5.56 Å². The average molecular weight is 429 g/mol. The van der Waals surface area contributed by atoms with Gasteiger partial charge in [-0.2, -0.15) is 0 Å². The van der Waals surface area contributed by atoms with Gasteiger partial charge in [0.25, 0.3) is 5.56 Å². The summed E-state index contributed by atoms with van der Waals surface area (Å²) < 4.78 is 11.4. The second-order valence-corrected chi connectivity index (χ2v) is 6.66. The Labute approximate surface area is 178 Å². The minimum absolute atomic E-state index is 0.137. The molecule has 0 saturated heterocycles. The van der Waals surface area contributed by atoms with Crippen molar-refractivity contribution in [1.29, 1.82) is 0 Å². The molecule has 2 heterocycles. The lowest BCUT2D eigenvalue weighted by atomic mass is 10.0. The van der Waals surface area contributed by atoms with Crippen LogP contribution in [0.15, 0.2) is 53.5 Å². The van der Waals surface area contributed by atoms with Crippen molar-refractivity contribution in [3.63, 3.8) is 0 Å². The molecule has 9 heteroatoms. The molecule has 0 saturated carbocycles. The van der Waals surface area contributed by atoms with E-state index in [1.54, 1.807) is 25.3 Å². The van der Waals surface area contributed by atoms with E-state index in [9.17, 15) is 9.59 Å². The SMILES string of the molecule is CCOC(=O)c1nc(NC(c2ccccn2)c2ccccc2Cl)n(C)c(=O)c1OC. The fraction of sp³-hybridized carbons (Fsp3) is 0.238. The minimum atomic E-state index is -0.748. The molecule has 0 aliphatic carbocycles. The highest BCUT2D eigenvalue weighted by atomic mass is 35.5. The molecule has 30 heavy (non-hydrogen) atoms. The van der Waals surface area contributed by atoms with Gasteiger partial charge < -0.3 is 14.8 Å². The van der Waals surface area contributed by atoms with Crippen LogP contribution in [0.4, 0.5) is 5.95 Å². The molecule has 1 atom stereocenters. The number of anilines is 1. The van der Waals surface area contributed by atoms with Gasteiger partial charge in [-0.1, -0.05) is 35.9 Å². The van der Waals surface area contributed by atoms with E-state index in [0.29, 0.717) is 10.7 Å². The molecule has 0 amide bonds. The van der Waals surface area contributed by atoms with Crippen LogP contribution >= 0.6 is 11.6 Å². The van der Waals surface area contributed by atoms with Gasteiger partial charge in [0.05, 0.1) is 25.5 Å². The van der Waals surface area contributed by atoms with Crippen LogP contribution in [0.25, 0.3) is 0 Å². The summed E-state index contributed by atoms with van der Waals surface area (Å²) in [6, 6.07) is 12.2. The summed E-state index contributed by atoms with van der Waals surface area (Å²) in [4.78, 5) is 33.9. The number of carbonyl (C=O) groups excluding carboxylic acids is 1. The van der Waals surface area contributed by atoms with Crippen LogP contribution in [0.1, 0.15) is 34.7 Å². The van der Waals surface area contributed by atoms with Crippen molar-refractivity contribution in [3.8, 4) is 5.75 Å². The van der Waals surface area contributed by atoms with Crippen molar-refractivity contribution in [2.45, 2.75) is 13.0 Å². The maximum Gasteiger partial charge on any atom is 0.361 e. The molecule has 3 aromatic rings. The number of nitrogens with one attached hydrogen (secondary N) is 1. The van der Waals surface area contributed by atoms with Crippen LogP contribution < -0.4 is 15.6 Å². The highest BCUT2D eigenvalue weighted by Gasteiger charge is 2.25. The molecule has 0 aliphatic heterocycles. The van der Waals surface area contributed by atoms with Gasteiger partial charge in [0.2, 0.25) is 11.7 Å². The third kappa shape index (κ3) is 4.28. The van der Waals surface area contributed by atoms with Gasteiger partial charge in [0.1, 0.15) is 0 Å². The Hall–Kier alpha value is -3.39. The molecule has 1 N–H and O–H groups in total. The molecule has 156 valence electrons. The Kier molecular flexibility index (Phi) is 6.68. The zero-order valence-electron chi connectivity index (χ0n) is 16.8. The van der Waals surface area contributed by atoms with Crippen molar-refractivity contribution in [3.05, 3.63) is 81.0 Å². The van der Waals surface area contributed by atoms with Crippen molar-refractivity contribution in [2.75, 3.05) is 19.0 Å². The number of hydrogen-bond donors (Lipinski definition) is 1. The molecule has 0 aliphatic rings. The first-order valence-electron chi connectivity index (χ1n) is 9.22. The van der Waals surface area contributed by atoms with E-state index >= 15 is 0 Å². The first kappa shape index (κ1) is 21.3. The number of methoxy groups -OCH3 is 1. The van der Waals surface area contributed by atoms with E-state index in [4.69, 9.17) is 21.1 Å². The fourth-order valence-corrected chi connectivity index (χ4v) is 3.17. The quantitative estimate of drug-likeness (QED) is 0.577. The highest BCUT2D eigenvalue weighted by Crippen LogP contribution is 2.30. The first-order chi connectivity index (χ1) is 14.5. The van der Waals surface area contributed by atoms with Crippen LogP contribution in [0.2, 0.25) is 5.02 Å². The molecule has 8 nitrogen and oxygen atoms in total. The van der Waals surface area contributed by atoms with Crippen LogP contribution in [0.3, 0.4) is 0 Å². The molecule has 1 unspecified atom stereocenters. The maximum absolute atomic E-state index is 12.8. The Bertz CT molecular complexity index is 1100. The maximum atomic E-state index is 12.8. The Morgan fingerprint density at radius 1 is 1.23 bits per heavy atom. The van der Waals surface area contributed by atoms with Gasteiger partial charge in [0.15, 0.2) is 5.69 Å². The van der Waals surface area contributed by atoms with Gasteiger partial charge in [-0.3, -0.25) is 14.3 Å². The predicted octanol–water partition coefficient (Wildman–Crippen LogP) is 3.22. The number of hydrogen-bond acceptors (Lipinski definition) is 7. The Morgan fingerprint density at radius 2 is 1.97 bits per heavy atom. The number of esters is 1. The van der Waals surface area contributed by atoms with Crippen molar-refractivity contribution in [1.82, 2.24) is 14.5 Å². The largest absolute Gasteiger partial charge is 0.489 e. The second-order valence-electron chi connectivity index (χ2n) is 6.26. The van der Waals surface area contributed by atoms with Gasteiger partial charge >= 0.3 is 5.97 Å². The normalized spacial score (nSPS) is 11.6. The molecule has 0 radical (unpaired) electrons. The minimum Gasteiger partial charge on any atom is -0.489 e. The molecule has 2 aromatic heterocycles. The van der Waals surface area contributed by atoms with Crippen molar-refractivity contribution in [2.24, 2.45) is 7.05 Å². The number of aromatic nitrogens is 3. The predicted molar refractivity (Wildman–Crippen MR) is 113 cm³/mol. The molecular formula is C21H21ClN4O4. The summed E-state index contributed by atoms with van der Waals surface area (Å²) in [5, 5.41) is 3.71. The number of ether oxygens (including phenoxy) is 2. The lowest BCUT2D eigenvalue weighted by Gasteiger charge is -2.22. The lowest BCUT2D eigenvalue weighted by Crippen LogP contribution is -2.29. The van der Waals surface area contributed by atoms with Crippen LogP contribution in [-0.2, 0) is 11.8 Å². The Balaban J connectivity index is 2.14. The summed E-state index contributed by atoms with van der Waals surface area (Å²) in [5.41, 5.74) is 0.662.